The predicted octanol–water partition coefficient (Wildman–Crippen LogP) is 3.20. The molecular weight excluding hydrogens is 318 g/mol. The van der Waals surface area contributed by atoms with Gasteiger partial charge in [-0.1, -0.05) is 15.9 Å². The number of hydrogen-bond donors (Lipinski definition) is 2. The molecule has 0 atom stereocenters. The third-order valence-electron chi connectivity index (χ3n) is 3.14. The highest BCUT2D eigenvalue weighted by molar-refractivity contribution is 9.10. The maximum atomic E-state index is 9.15. The number of halogens is 1. The molecule has 0 aromatic heterocycles. The van der Waals surface area contributed by atoms with E-state index in [0.717, 1.165) is 36.1 Å². The van der Waals surface area contributed by atoms with E-state index in [1.807, 2.05) is 35.2 Å². The summed E-state index contributed by atoms with van der Waals surface area (Å²) >= 11 is 3.36. The van der Waals surface area contributed by atoms with Crippen LogP contribution in [0.3, 0.4) is 0 Å². The number of piperidine rings is 1. The van der Waals surface area contributed by atoms with E-state index < -0.39 is 0 Å². The molecular formula is C14H16BrN5. The summed E-state index contributed by atoms with van der Waals surface area (Å²) in [6.45, 7) is 1.66. The van der Waals surface area contributed by atoms with Crippen LogP contribution in [0.15, 0.2) is 33.8 Å². The monoisotopic (exact) mass is 333 g/mol. The number of benzene rings is 1. The van der Waals surface area contributed by atoms with Gasteiger partial charge in [0, 0.05) is 17.6 Å². The van der Waals surface area contributed by atoms with Crippen molar-refractivity contribution in [2.24, 2.45) is 5.10 Å². The summed E-state index contributed by atoms with van der Waals surface area (Å²) in [5, 5.41) is 21.3. The summed E-state index contributed by atoms with van der Waals surface area (Å²) < 4.78 is 0.980. The number of nitriles is 1. The second kappa shape index (κ2) is 7.06. The van der Waals surface area contributed by atoms with Crippen molar-refractivity contribution in [2.75, 3.05) is 18.5 Å². The Hall–Kier alpha value is -1.87. The molecule has 2 N–H and O–H groups in total. The minimum atomic E-state index is 0.120. The van der Waals surface area contributed by atoms with Crippen molar-refractivity contribution < 1.29 is 0 Å². The molecule has 1 heterocycles. The van der Waals surface area contributed by atoms with Gasteiger partial charge in [-0.05, 0) is 43.5 Å². The highest BCUT2D eigenvalue weighted by atomic mass is 79.9. The number of nitrogens with one attached hydrogen (secondary N) is 2. The van der Waals surface area contributed by atoms with Crippen LogP contribution in [-0.4, -0.2) is 29.5 Å². The average Bonchev–Trinajstić information content (AvgIpc) is 2.50. The molecule has 0 radical (unpaired) electrons. The van der Waals surface area contributed by atoms with Crippen LogP contribution in [0.1, 0.15) is 19.3 Å². The Kier molecular flexibility index (Phi) is 5.13. The topological polar surface area (TPSA) is 75.3 Å². The fraction of sp³-hybridized carbons (Fsp3) is 0.357. The van der Waals surface area contributed by atoms with E-state index >= 15 is 0 Å². The maximum absolute atomic E-state index is 9.15. The molecule has 0 spiro atoms. The van der Waals surface area contributed by atoms with Crippen molar-refractivity contribution in [2.45, 2.75) is 19.3 Å². The Morgan fingerprint density at radius 3 is 2.50 bits per heavy atom. The van der Waals surface area contributed by atoms with Gasteiger partial charge in [0.05, 0.1) is 5.69 Å². The number of nitrogens with zero attached hydrogens (tertiary/aromatic N) is 3. The average molecular weight is 334 g/mol. The minimum absolute atomic E-state index is 0.120. The van der Waals surface area contributed by atoms with Gasteiger partial charge in [-0.3, -0.25) is 10.8 Å². The number of rotatable bonds is 3. The largest absolute Gasteiger partial charge is 0.355 e. The Bertz CT molecular complexity index is 538. The number of hydrogen-bond acceptors (Lipinski definition) is 4. The van der Waals surface area contributed by atoms with Crippen LogP contribution in [0.5, 0.6) is 0 Å². The van der Waals surface area contributed by atoms with Gasteiger partial charge in [0.15, 0.2) is 5.84 Å². The molecule has 2 rings (SSSR count). The predicted molar refractivity (Wildman–Crippen MR) is 84.0 cm³/mol. The van der Waals surface area contributed by atoms with E-state index in [1.54, 1.807) is 0 Å². The molecule has 1 saturated heterocycles. The van der Waals surface area contributed by atoms with E-state index in [0.29, 0.717) is 0 Å². The molecule has 1 fully saturated rings. The van der Waals surface area contributed by atoms with Crippen LogP contribution >= 0.6 is 15.9 Å². The molecule has 104 valence electrons. The Morgan fingerprint density at radius 2 is 1.90 bits per heavy atom. The number of amidine groups is 1. The highest BCUT2D eigenvalue weighted by Crippen LogP contribution is 2.14. The molecule has 0 unspecified atom stereocenters. The van der Waals surface area contributed by atoms with Crippen LogP contribution in [0.25, 0.3) is 0 Å². The van der Waals surface area contributed by atoms with Crippen LogP contribution < -0.4 is 5.43 Å². The fourth-order valence-electron chi connectivity index (χ4n) is 2.04. The third-order valence-corrected chi connectivity index (χ3v) is 3.67. The number of likely N-dealkylation sites (tertiary alicyclic amines) is 1. The molecule has 1 aromatic carbocycles. The normalized spacial score (nSPS) is 15.6. The van der Waals surface area contributed by atoms with E-state index in [2.05, 4.69) is 26.5 Å². The summed E-state index contributed by atoms with van der Waals surface area (Å²) in [7, 11) is 0. The lowest BCUT2D eigenvalue weighted by molar-refractivity contribution is 0.344. The van der Waals surface area contributed by atoms with Gasteiger partial charge in [-0.15, -0.1) is 0 Å². The van der Waals surface area contributed by atoms with Crippen LogP contribution in [0, 0.1) is 16.7 Å². The lowest BCUT2D eigenvalue weighted by Crippen LogP contribution is -2.39. The van der Waals surface area contributed by atoms with Crippen molar-refractivity contribution in [3.8, 4) is 6.07 Å². The van der Waals surface area contributed by atoms with Gasteiger partial charge in [-0.2, -0.15) is 10.4 Å². The summed E-state index contributed by atoms with van der Waals surface area (Å²) in [4.78, 5) is 1.91. The summed E-state index contributed by atoms with van der Waals surface area (Å²) in [5.41, 5.74) is 3.72. The fourth-order valence-corrected chi connectivity index (χ4v) is 2.31. The molecule has 1 aliphatic rings. The third kappa shape index (κ3) is 3.81. The van der Waals surface area contributed by atoms with Gasteiger partial charge >= 0.3 is 0 Å². The molecule has 0 bridgehead atoms. The van der Waals surface area contributed by atoms with Crippen LogP contribution in [0.4, 0.5) is 5.69 Å². The quantitative estimate of drug-likeness (QED) is 0.506. The second-order valence-corrected chi connectivity index (χ2v) is 5.50. The molecule has 1 aromatic rings. The molecule has 1 aliphatic heterocycles. The second-order valence-electron chi connectivity index (χ2n) is 4.59. The van der Waals surface area contributed by atoms with E-state index in [9.17, 15) is 0 Å². The van der Waals surface area contributed by atoms with Crippen molar-refractivity contribution in [3.63, 3.8) is 0 Å². The Morgan fingerprint density at radius 1 is 1.25 bits per heavy atom. The summed E-state index contributed by atoms with van der Waals surface area (Å²) in [6, 6.07) is 9.48. The lowest BCUT2D eigenvalue weighted by Gasteiger charge is -2.27. The van der Waals surface area contributed by atoms with Crippen molar-refractivity contribution in [1.29, 1.82) is 10.7 Å². The first-order valence-corrected chi connectivity index (χ1v) is 7.33. The zero-order valence-corrected chi connectivity index (χ0v) is 12.7. The lowest BCUT2D eigenvalue weighted by atomic mass is 10.1. The highest BCUT2D eigenvalue weighted by Gasteiger charge is 2.18. The molecule has 0 saturated carbocycles. The van der Waals surface area contributed by atoms with Crippen molar-refractivity contribution >= 4 is 33.2 Å². The zero-order chi connectivity index (χ0) is 14.4. The summed E-state index contributed by atoms with van der Waals surface area (Å²) in [6.07, 6.45) is 3.34. The standard InChI is InChI=1S/C14H16BrN5/c15-11-4-6-12(7-5-11)18-19-13(10-16)14(17)20-8-2-1-3-9-20/h4-7,17-18H,1-3,8-9H2/b17-14?,19-13+. The first-order valence-electron chi connectivity index (χ1n) is 6.54. The van der Waals surface area contributed by atoms with Gasteiger partial charge in [0.25, 0.3) is 0 Å². The summed E-state index contributed by atoms with van der Waals surface area (Å²) in [5.74, 6) is 0.205. The van der Waals surface area contributed by atoms with Gasteiger partial charge in [0.1, 0.15) is 6.07 Å². The Labute approximate surface area is 126 Å². The molecule has 0 aliphatic carbocycles. The van der Waals surface area contributed by atoms with Gasteiger partial charge < -0.3 is 4.90 Å². The van der Waals surface area contributed by atoms with Crippen molar-refractivity contribution in [1.82, 2.24) is 4.90 Å². The van der Waals surface area contributed by atoms with Crippen LogP contribution in [0.2, 0.25) is 0 Å². The minimum Gasteiger partial charge on any atom is -0.355 e. The molecule has 20 heavy (non-hydrogen) atoms. The van der Waals surface area contributed by atoms with Gasteiger partial charge in [0.2, 0.25) is 5.71 Å². The molecule has 5 nitrogen and oxygen atoms in total. The van der Waals surface area contributed by atoms with E-state index in [4.69, 9.17) is 10.7 Å². The SMILES string of the molecule is N#C/C(=N\Nc1ccc(Br)cc1)C(=N)N1CCCCC1. The molecule has 0 amide bonds. The van der Waals surface area contributed by atoms with Gasteiger partial charge in [-0.25, -0.2) is 0 Å². The van der Waals surface area contributed by atoms with Crippen molar-refractivity contribution in [3.05, 3.63) is 28.7 Å². The Balaban J connectivity index is 2.03. The number of hydrazone groups is 1. The maximum Gasteiger partial charge on any atom is 0.202 e. The molecule has 6 heteroatoms. The van der Waals surface area contributed by atoms with Crippen LogP contribution in [-0.2, 0) is 0 Å². The van der Waals surface area contributed by atoms with E-state index in [1.165, 1.54) is 6.42 Å². The number of anilines is 1. The first-order chi connectivity index (χ1) is 9.70. The first kappa shape index (κ1) is 14.5. The van der Waals surface area contributed by atoms with E-state index in [-0.39, 0.29) is 11.5 Å². The zero-order valence-electron chi connectivity index (χ0n) is 11.1. The smallest absolute Gasteiger partial charge is 0.202 e.